The van der Waals surface area contributed by atoms with E-state index in [2.05, 4.69) is 17.9 Å². The highest BCUT2D eigenvalue weighted by molar-refractivity contribution is 7.80. The van der Waals surface area contributed by atoms with Crippen molar-refractivity contribution in [1.29, 1.82) is 0 Å². The second kappa shape index (κ2) is 4.47. The number of thiol groups is 1. The van der Waals surface area contributed by atoms with Crippen molar-refractivity contribution in [2.45, 2.75) is 4.90 Å². The third-order valence-corrected chi connectivity index (χ3v) is 2.55. The first-order valence-electron chi connectivity index (χ1n) is 3.35. The molecule has 0 spiro atoms. The lowest BCUT2D eigenvalue weighted by molar-refractivity contribution is 0.0955. The van der Waals surface area contributed by atoms with Gasteiger partial charge in [-0.2, -0.15) is 0 Å². The van der Waals surface area contributed by atoms with Gasteiger partial charge in [-0.25, -0.2) is 4.39 Å². The number of thiophene rings is 1. The highest BCUT2D eigenvalue weighted by Crippen LogP contribution is 2.16. The van der Waals surface area contributed by atoms with Crippen LogP contribution in [0.25, 0.3) is 0 Å². The van der Waals surface area contributed by atoms with E-state index in [4.69, 9.17) is 0 Å². The van der Waals surface area contributed by atoms with Crippen molar-refractivity contribution >= 4 is 29.9 Å². The van der Waals surface area contributed by atoms with Gasteiger partial charge in [0.05, 0.1) is 4.88 Å². The predicted octanol–water partition coefficient (Wildman–Crippen LogP) is 1.74. The molecule has 0 bridgehead atoms. The van der Waals surface area contributed by atoms with Crippen LogP contribution in [0, 0.1) is 0 Å². The van der Waals surface area contributed by atoms with Crippen molar-refractivity contribution in [1.82, 2.24) is 5.32 Å². The van der Waals surface area contributed by atoms with Gasteiger partial charge in [0, 0.05) is 16.8 Å². The Morgan fingerprint density at radius 3 is 3.00 bits per heavy atom. The second-order valence-electron chi connectivity index (χ2n) is 2.11. The molecule has 0 radical (unpaired) electrons. The first kappa shape index (κ1) is 9.54. The number of hydrogen-bond acceptors (Lipinski definition) is 3. The van der Waals surface area contributed by atoms with Gasteiger partial charge in [0.25, 0.3) is 5.91 Å². The Labute approximate surface area is 79.2 Å². The summed E-state index contributed by atoms with van der Waals surface area (Å²) in [6.07, 6.45) is 0. The zero-order valence-corrected chi connectivity index (χ0v) is 7.92. The number of nitrogens with one attached hydrogen (secondary N) is 1. The standard InChI is InChI=1S/C7H8FNOS2/c8-1-2-9-7(10)6-3-5(11)4-12-6/h3-4,11H,1-2H2,(H,9,10). The molecule has 0 aliphatic rings. The molecule has 0 atom stereocenters. The lowest BCUT2D eigenvalue weighted by Gasteiger charge is -1.97. The number of rotatable bonds is 3. The summed E-state index contributed by atoms with van der Waals surface area (Å²) in [6.45, 7) is -0.469. The number of alkyl halides is 1. The molecule has 1 heterocycles. The van der Waals surface area contributed by atoms with Crippen LogP contribution in [0.5, 0.6) is 0 Å². The zero-order valence-electron chi connectivity index (χ0n) is 6.21. The van der Waals surface area contributed by atoms with Gasteiger partial charge in [-0.3, -0.25) is 4.79 Å². The average molecular weight is 205 g/mol. The third-order valence-electron chi connectivity index (χ3n) is 1.19. The minimum Gasteiger partial charge on any atom is -0.349 e. The fourth-order valence-corrected chi connectivity index (χ4v) is 1.76. The van der Waals surface area contributed by atoms with Crippen LogP contribution in [-0.4, -0.2) is 19.1 Å². The van der Waals surface area contributed by atoms with Gasteiger partial charge >= 0.3 is 0 Å². The maximum absolute atomic E-state index is 11.6. The van der Waals surface area contributed by atoms with Crippen LogP contribution >= 0.6 is 24.0 Å². The molecule has 1 aromatic heterocycles. The Morgan fingerprint density at radius 2 is 2.50 bits per heavy atom. The summed E-state index contributed by atoms with van der Waals surface area (Å²) in [5.74, 6) is -0.238. The molecule has 0 aliphatic heterocycles. The highest BCUT2D eigenvalue weighted by atomic mass is 32.1. The van der Waals surface area contributed by atoms with Gasteiger partial charge in [0.2, 0.25) is 0 Å². The molecule has 66 valence electrons. The number of amides is 1. The van der Waals surface area contributed by atoms with Crippen LogP contribution in [-0.2, 0) is 0 Å². The first-order chi connectivity index (χ1) is 5.74. The Hall–Kier alpha value is -0.550. The molecule has 0 aliphatic carbocycles. The van der Waals surface area contributed by atoms with Crippen LogP contribution in [0.15, 0.2) is 16.3 Å². The fourth-order valence-electron chi connectivity index (χ4n) is 0.693. The maximum Gasteiger partial charge on any atom is 0.261 e. The largest absolute Gasteiger partial charge is 0.349 e. The van der Waals surface area contributed by atoms with Crippen LogP contribution in [0.4, 0.5) is 4.39 Å². The Balaban J connectivity index is 2.53. The molecule has 1 rings (SSSR count). The van der Waals surface area contributed by atoms with Gasteiger partial charge in [0.15, 0.2) is 0 Å². The summed E-state index contributed by atoms with van der Waals surface area (Å²) in [4.78, 5) is 12.4. The van der Waals surface area contributed by atoms with E-state index in [-0.39, 0.29) is 12.5 Å². The van der Waals surface area contributed by atoms with E-state index < -0.39 is 6.67 Å². The maximum atomic E-state index is 11.6. The fraction of sp³-hybridized carbons (Fsp3) is 0.286. The molecular formula is C7H8FNOS2. The molecule has 1 N–H and O–H groups in total. The highest BCUT2D eigenvalue weighted by Gasteiger charge is 2.06. The molecule has 0 saturated heterocycles. The Kier molecular flexibility index (Phi) is 3.55. The summed E-state index contributed by atoms with van der Waals surface area (Å²) in [7, 11) is 0. The topological polar surface area (TPSA) is 29.1 Å². The summed E-state index contributed by atoms with van der Waals surface area (Å²) < 4.78 is 11.6. The van der Waals surface area contributed by atoms with E-state index in [1.807, 2.05) is 0 Å². The zero-order chi connectivity index (χ0) is 8.97. The minimum absolute atomic E-state index is 0.0681. The summed E-state index contributed by atoms with van der Waals surface area (Å²) >= 11 is 5.34. The number of hydrogen-bond donors (Lipinski definition) is 2. The molecule has 0 saturated carbocycles. The second-order valence-corrected chi connectivity index (χ2v) is 3.54. The van der Waals surface area contributed by atoms with E-state index in [0.29, 0.717) is 4.88 Å². The summed E-state index contributed by atoms with van der Waals surface area (Å²) in [5.41, 5.74) is 0. The van der Waals surface area contributed by atoms with Gasteiger partial charge < -0.3 is 5.32 Å². The van der Waals surface area contributed by atoms with Crippen molar-refractivity contribution in [2.24, 2.45) is 0 Å². The van der Waals surface area contributed by atoms with Gasteiger partial charge in [-0.1, -0.05) is 0 Å². The van der Waals surface area contributed by atoms with E-state index in [0.717, 1.165) is 4.90 Å². The molecule has 0 unspecified atom stereocenters. The van der Waals surface area contributed by atoms with Crippen molar-refractivity contribution in [2.75, 3.05) is 13.2 Å². The van der Waals surface area contributed by atoms with Crippen LogP contribution in [0.3, 0.4) is 0 Å². The molecule has 2 nitrogen and oxygen atoms in total. The third kappa shape index (κ3) is 2.49. The first-order valence-corrected chi connectivity index (χ1v) is 4.68. The summed E-state index contributed by atoms with van der Waals surface area (Å²) in [6, 6.07) is 1.65. The molecule has 0 fully saturated rings. The SMILES string of the molecule is O=C(NCCF)c1cc(S)cs1. The van der Waals surface area contributed by atoms with Crippen molar-refractivity contribution < 1.29 is 9.18 Å². The van der Waals surface area contributed by atoms with E-state index in [1.165, 1.54) is 11.3 Å². The average Bonchev–Trinajstić information content (AvgIpc) is 2.47. The van der Waals surface area contributed by atoms with Crippen LogP contribution in [0.2, 0.25) is 0 Å². The lowest BCUT2D eigenvalue weighted by Crippen LogP contribution is -2.24. The van der Waals surface area contributed by atoms with Crippen molar-refractivity contribution in [3.63, 3.8) is 0 Å². The predicted molar refractivity (Wildman–Crippen MR) is 49.9 cm³/mol. The molecule has 5 heteroatoms. The lowest BCUT2D eigenvalue weighted by atomic mass is 10.4. The quantitative estimate of drug-likeness (QED) is 0.723. The normalized spacial score (nSPS) is 9.83. The number of carbonyl (C=O) groups excluding carboxylic acids is 1. The Morgan fingerprint density at radius 1 is 1.75 bits per heavy atom. The monoisotopic (exact) mass is 205 g/mol. The number of carbonyl (C=O) groups is 1. The molecule has 0 aromatic carbocycles. The molecule has 12 heavy (non-hydrogen) atoms. The summed E-state index contributed by atoms with van der Waals surface area (Å²) in [5, 5.41) is 4.18. The van der Waals surface area contributed by atoms with Gasteiger partial charge in [-0.05, 0) is 6.07 Å². The van der Waals surface area contributed by atoms with Crippen molar-refractivity contribution in [3.8, 4) is 0 Å². The minimum atomic E-state index is -0.537. The molecular weight excluding hydrogens is 197 g/mol. The van der Waals surface area contributed by atoms with Crippen LogP contribution < -0.4 is 5.32 Å². The van der Waals surface area contributed by atoms with Crippen LogP contribution in [0.1, 0.15) is 9.67 Å². The number of halogens is 1. The van der Waals surface area contributed by atoms with Gasteiger partial charge in [-0.15, -0.1) is 24.0 Å². The van der Waals surface area contributed by atoms with Gasteiger partial charge in [0.1, 0.15) is 6.67 Å². The molecule has 1 aromatic rings. The Bertz CT molecular complexity index is 274. The van der Waals surface area contributed by atoms with Crippen molar-refractivity contribution in [3.05, 3.63) is 16.3 Å². The molecule has 1 amide bonds. The van der Waals surface area contributed by atoms with E-state index in [9.17, 15) is 9.18 Å². The van der Waals surface area contributed by atoms with E-state index in [1.54, 1.807) is 11.4 Å². The van der Waals surface area contributed by atoms with E-state index >= 15 is 0 Å². The smallest absolute Gasteiger partial charge is 0.261 e.